The molecule has 0 aliphatic carbocycles. The van der Waals surface area contributed by atoms with E-state index in [1.54, 1.807) is 41.5 Å². The van der Waals surface area contributed by atoms with Gasteiger partial charge < -0.3 is 20.7 Å². The van der Waals surface area contributed by atoms with Crippen LogP contribution < -0.4 is 11.3 Å². The summed E-state index contributed by atoms with van der Waals surface area (Å²) in [6.45, 7) is 9.53. The van der Waals surface area contributed by atoms with Crippen molar-refractivity contribution in [2.45, 2.75) is 66.1 Å². The van der Waals surface area contributed by atoms with Crippen LogP contribution in [0, 0.1) is 10.8 Å². The number of aliphatic hydroxyl groups is 2. The lowest BCUT2D eigenvalue weighted by Gasteiger charge is -2.22. The van der Waals surface area contributed by atoms with E-state index in [1.165, 1.54) is 0 Å². The summed E-state index contributed by atoms with van der Waals surface area (Å²) in [4.78, 5) is 52.1. The largest absolute Gasteiger partial charge is 0.474 e. The number of rotatable bonds is 13. The van der Waals surface area contributed by atoms with E-state index in [1.807, 2.05) is 0 Å². The van der Waals surface area contributed by atoms with Gasteiger partial charge in [-0.2, -0.15) is 0 Å². The van der Waals surface area contributed by atoms with Crippen LogP contribution >= 0.6 is 42.9 Å². The summed E-state index contributed by atoms with van der Waals surface area (Å²) in [5, 5.41) is 20.6. The van der Waals surface area contributed by atoms with E-state index in [9.17, 15) is 34.0 Å². The number of aromatic nitrogens is 2. The van der Waals surface area contributed by atoms with Crippen LogP contribution in [0.25, 0.3) is 0 Å². The number of hydrogen-bond acceptors (Lipinski definition) is 14. The standard InChI is InChI=1S/C24H37ClN3O11PS2/c1-23(2,3)21(33)41-9-7-36-40(35,37-8-10-42-22(34)24(4,5)6)38-12-13-16(29)17(30)20(39-13)28-11-14(25)27-15(18(26)31)19(28)32/h11,13,16-17,20,29-30H,7-10,12H2,1-6H3,(H2,26,31)/t13-,16-,17-,20-/m1/s1. The van der Waals surface area contributed by atoms with Gasteiger partial charge in [-0.15, -0.1) is 0 Å². The van der Waals surface area contributed by atoms with Gasteiger partial charge in [-0.05, 0) is 0 Å². The van der Waals surface area contributed by atoms with E-state index in [-0.39, 0.29) is 40.1 Å². The first-order valence-electron chi connectivity index (χ1n) is 12.7. The van der Waals surface area contributed by atoms with Gasteiger partial charge in [-0.25, -0.2) is 9.55 Å². The number of thioether (sulfide) groups is 2. The molecule has 4 atom stereocenters. The number of nitrogens with two attached hydrogens (primary N) is 1. The molecule has 14 nitrogen and oxygen atoms in total. The minimum atomic E-state index is -4.33. The van der Waals surface area contributed by atoms with E-state index >= 15 is 0 Å². The molecule has 1 saturated heterocycles. The molecule has 18 heteroatoms. The van der Waals surface area contributed by atoms with Gasteiger partial charge in [-0.1, -0.05) is 76.7 Å². The molecule has 2 rings (SSSR count). The Morgan fingerprint density at radius 1 is 1.02 bits per heavy atom. The maximum absolute atomic E-state index is 13.4. The first-order valence-corrected chi connectivity index (χ1v) is 16.6. The third-order valence-electron chi connectivity index (χ3n) is 5.50. The Labute approximate surface area is 257 Å². The number of phosphoric ester groups is 1. The predicted octanol–water partition coefficient (Wildman–Crippen LogP) is 2.38. The van der Waals surface area contributed by atoms with Crippen molar-refractivity contribution in [1.29, 1.82) is 0 Å². The molecule has 0 bridgehead atoms. The smallest absolute Gasteiger partial charge is 0.387 e. The lowest BCUT2D eigenvalue weighted by Crippen LogP contribution is -2.38. The molecule has 4 N–H and O–H groups in total. The molecule has 1 amide bonds. The van der Waals surface area contributed by atoms with Crippen molar-refractivity contribution in [3.05, 3.63) is 27.4 Å². The fraction of sp³-hybridized carbons (Fsp3) is 0.708. The number of phosphoric acid groups is 1. The van der Waals surface area contributed by atoms with E-state index in [4.69, 9.17) is 35.6 Å². The highest BCUT2D eigenvalue weighted by Crippen LogP contribution is 2.50. The second-order valence-electron chi connectivity index (χ2n) is 11.2. The number of primary amides is 1. The molecule has 2 heterocycles. The average Bonchev–Trinajstić information content (AvgIpc) is 3.16. The maximum Gasteiger partial charge on any atom is 0.474 e. The highest BCUT2D eigenvalue weighted by atomic mass is 35.5. The van der Waals surface area contributed by atoms with Gasteiger partial charge in [0.1, 0.15) is 23.5 Å². The van der Waals surface area contributed by atoms with Gasteiger partial charge >= 0.3 is 7.82 Å². The monoisotopic (exact) mass is 673 g/mol. The zero-order valence-electron chi connectivity index (χ0n) is 24.1. The summed E-state index contributed by atoms with van der Waals surface area (Å²) < 4.78 is 36.0. The fourth-order valence-electron chi connectivity index (χ4n) is 3.20. The molecular weight excluding hydrogens is 637 g/mol. The molecule has 42 heavy (non-hydrogen) atoms. The van der Waals surface area contributed by atoms with E-state index in [0.717, 1.165) is 34.3 Å². The maximum atomic E-state index is 13.4. The van der Waals surface area contributed by atoms with E-state index < -0.39 is 67.0 Å². The van der Waals surface area contributed by atoms with Crippen LogP contribution in [0.4, 0.5) is 0 Å². The third kappa shape index (κ3) is 10.4. The molecule has 1 aliphatic rings. The number of amides is 1. The van der Waals surface area contributed by atoms with Crippen LogP contribution in [-0.4, -0.2) is 85.5 Å². The Balaban J connectivity index is 2.12. The minimum absolute atomic E-state index is 0.103. The first kappa shape index (κ1) is 36.9. The summed E-state index contributed by atoms with van der Waals surface area (Å²) in [5.41, 5.74) is 2.25. The van der Waals surface area contributed by atoms with Crippen LogP contribution in [0.2, 0.25) is 5.15 Å². The molecule has 1 aromatic rings. The molecule has 0 spiro atoms. The second kappa shape index (κ2) is 15.1. The third-order valence-corrected chi connectivity index (χ3v) is 9.64. The van der Waals surface area contributed by atoms with E-state index in [0.29, 0.717) is 0 Å². The van der Waals surface area contributed by atoms with E-state index in [2.05, 4.69) is 4.98 Å². The highest BCUT2D eigenvalue weighted by molar-refractivity contribution is 8.14. The van der Waals surface area contributed by atoms with Crippen LogP contribution in [0.1, 0.15) is 58.3 Å². The Kier molecular flexibility index (Phi) is 13.3. The Hall–Kier alpha value is -1.33. The quantitative estimate of drug-likeness (QED) is 0.203. The number of ether oxygens (including phenoxy) is 1. The van der Waals surface area contributed by atoms with Gasteiger partial charge in [0, 0.05) is 28.5 Å². The van der Waals surface area contributed by atoms with Crippen LogP contribution in [0.5, 0.6) is 0 Å². The average molecular weight is 674 g/mol. The molecule has 1 fully saturated rings. The Morgan fingerprint density at radius 3 is 1.98 bits per heavy atom. The zero-order chi connectivity index (χ0) is 32.0. The van der Waals surface area contributed by atoms with Crippen molar-refractivity contribution in [2.75, 3.05) is 31.3 Å². The van der Waals surface area contributed by atoms with Crippen LogP contribution in [-0.2, 0) is 32.5 Å². The van der Waals surface area contributed by atoms with Crippen LogP contribution in [0.3, 0.4) is 0 Å². The number of aliphatic hydroxyl groups excluding tert-OH is 2. The number of hydrogen-bond donors (Lipinski definition) is 3. The van der Waals surface area contributed by atoms with Crippen molar-refractivity contribution in [1.82, 2.24) is 9.55 Å². The number of carbonyl (C=O) groups is 3. The number of carbonyl (C=O) groups excluding carboxylic acids is 3. The molecule has 0 aromatic carbocycles. The molecule has 1 aromatic heterocycles. The molecule has 0 radical (unpaired) electrons. The number of nitrogens with zero attached hydrogens (tertiary/aromatic N) is 2. The molecule has 1 aliphatic heterocycles. The SMILES string of the molecule is CC(C)(C)C(=O)SCCOP(=O)(OCCSC(=O)C(C)(C)C)OC[C@H]1O[C@@H](n2cc(Cl)nc(C(N)=O)c2=O)[C@H](O)[C@@H]1O. The first-order chi connectivity index (χ1) is 19.3. The highest BCUT2D eigenvalue weighted by Gasteiger charge is 2.46. The Bertz CT molecular complexity index is 1210. The summed E-state index contributed by atoms with van der Waals surface area (Å²) >= 11 is 7.84. The van der Waals surface area contributed by atoms with Crippen molar-refractivity contribution in [3.63, 3.8) is 0 Å². The zero-order valence-corrected chi connectivity index (χ0v) is 27.4. The molecule has 238 valence electrons. The lowest BCUT2D eigenvalue weighted by molar-refractivity contribution is -0.118. The van der Waals surface area contributed by atoms with Crippen molar-refractivity contribution in [3.8, 4) is 0 Å². The van der Waals surface area contributed by atoms with Gasteiger partial charge in [0.2, 0.25) is 0 Å². The fourth-order valence-corrected chi connectivity index (χ4v) is 6.39. The van der Waals surface area contributed by atoms with Crippen LogP contribution in [0.15, 0.2) is 11.0 Å². The van der Waals surface area contributed by atoms with Crippen molar-refractivity contribution >= 4 is 59.1 Å². The van der Waals surface area contributed by atoms with Gasteiger partial charge in [-0.3, -0.25) is 37.3 Å². The summed E-state index contributed by atoms with van der Waals surface area (Å²) in [5.74, 6) is -0.882. The predicted molar refractivity (Wildman–Crippen MR) is 157 cm³/mol. The van der Waals surface area contributed by atoms with Gasteiger partial charge in [0.05, 0.1) is 19.8 Å². The molecule has 0 unspecified atom stereocenters. The summed E-state index contributed by atoms with van der Waals surface area (Å²) in [6, 6.07) is 0. The van der Waals surface area contributed by atoms with Gasteiger partial charge in [0.25, 0.3) is 11.5 Å². The van der Waals surface area contributed by atoms with Crippen molar-refractivity contribution in [2.24, 2.45) is 16.6 Å². The normalized spacial score (nSPS) is 21.5. The molecule has 0 saturated carbocycles. The summed E-state index contributed by atoms with van der Waals surface area (Å²) in [6.07, 6.45) is -5.21. The second-order valence-corrected chi connectivity index (χ2v) is 15.4. The lowest BCUT2D eigenvalue weighted by atomic mass is 9.99. The van der Waals surface area contributed by atoms with Gasteiger partial charge in [0.15, 0.2) is 22.2 Å². The Morgan fingerprint density at radius 2 is 1.52 bits per heavy atom. The topological polar surface area (TPSA) is 207 Å². The minimum Gasteiger partial charge on any atom is -0.387 e. The molecular formula is C24H37ClN3O11PS2. The number of halogens is 1. The summed E-state index contributed by atoms with van der Waals surface area (Å²) in [7, 11) is -4.33. The van der Waals surface area contributed by atoms with Crippen molar-refractivity contribution < 1.29 is 47.5 Å².